The van der Waals surface area contributed by atoms with E-state index in [1.807, 2.05) is 42.5 Å². The van der Waals surface area contributed by atoms with Crippen molar-refractivity contribution in [2.75, 3.05) is 32.1 Å². The first-order valence-corrected chi connectivity index (χ1v) is 9.63. The Kier molecular flexibility index (Phi) is 3.94. The molecule has 2 aromatic heterocycles. The Bertz CT molecular complexity index is 1220. The van der Waals surface area contributed by atoms with Crippen molar-refractivity contribution < 1.29 is 0 Å². The number of para-hydroxylation sites is 2. The van der Waals surface area contributed by atoms with E-state index in [-0.39, 0.29) is 5.56 Å². The maximum absolute atomic E-state index is 12.6. The van der Waals surface area contributed by atoms with Crippen LogP contribution in [-0.4, -0.2) is 53.1 Å². The van der Waals surface area contributed by atoms with Crippen molar-refractivity contribution in [2.45, 2.75) is 12.5 Å². The lowest BCUT2D eigenvalue weighted by molar-refractivity contribution is 0.315. The molecule has 0 radical (unpaired) electrons. The van der Waals surface area contributed by atoms with Crippen LogP contribution in [0.25, 0.3) is 33.3 Å². The maximum Gasteiger partial charge on any atom is 0.259 e. The van der Waals surface area contributed by atoms with Crippen LogP contribution in [0.15, 0.2) is 53.3 Å². The van der Waals surface area contributed by atoms with Crippen LogP contribution in [0.2, 0.25) is 0 Å². The van der Waals surface area contributed by atoms with Crippen LogP contribution in [0.1, 0.15) is 6.42 Å². The lowest BCUT2D eigenvalue weighted by atomic mass is 10.1. The molecule has 1 aliphatic heterocycles. The minimum Gasteiger partial charge on any atom is -0.368 e. The van der Waals surface area contributed by atoms with E-state index in [2.05, 4.69) is 39.9 Å². The minimum absolute atomic E-state index is 0.131. The summed E-state index contributed by atoms with van der Waals surface area (Å²) in [5, 5.41) is 0.992. The van der Waals surface area contributed by atoms with Gasteiger partial charge in [0, 0.05) is 24.6 Å². The number of imidazole rings is 1. The van der Waals surface area contributed by atoms with Crippen LogP contribution in [-0.2, 0) is 0 Å². The molecule has 0 spiro atoms. The van der Waals surface area contributed by atoms with E-state index >= 15 is 0 Å². The van der Waals surface area contributed by atoms with Gasteiger partial charge in [-0.3, -0.25) is 4.79 Å². The summed E-state index contributed by atoms with van der Waals surface area (Å²) >= 11 is 0. The Morgan fingerprint density at radius 1 is 1.07 bits per heavy atom. The third-order valence-corrected chi connectivity index (χ3v) is 5.73. The molecule has 4 aromatic rings. The zero-order chi connectivity index (χ0) is 19.3. The lowest BCUT2D eigenvalue weighted by Gasteiger charge is -2.22. The quantitative estimate of drug-likeness (QED) is 0.579. The Balaban J connectivity index is 1.60. The van der Waals surface area contributed by atoms with Crippen molar-refractivity contribution in [2.24, 2.45) is 0 Å². The number of aromatic nitrogens is 3. The highest BCUT2D eigenvalue weighted by Gasteiger charge is 2.26. The summed E-state index contributed by atoms with van der Waals surface area (Å²) in [6, 6.07) is 16.4. The number of rotatable bonds is 3. The molecule has 6 heteroatoms. The number of pyridine rings is 1. The molecule has 0 aliphatic carbocycles. The molecule has 1 atom stereocenters. The Morgan fingerprint density at radius 3 is 2.71 bits per heavy atom. The number of benzene rings is 2. The van der Waals surface area contributed by atoms with Crippen LogP contribution in [0, 0.1) is 0 Å². The van der Waals surface area contributed by atoms with E-state index in [1.54, 1.807) is 0 Å². The average molecular weight is 373 g/mol. The molecule has 0 amide bonds. The number of hydrogen-bond acceptors (Lipinski definition) is 4. The fraction of sp³-hybridized carbons (Fsp3) is 0.273. The molecule has 1 unspecified atom stereocenters. The first kappa shape index (κ1) is 17.0. The predicted octanol–water partition coefficient (Wildman–Crippen LogP) is 3.21. The minimum atomic E-state index is -0.131. The molecule has 142 valence electrons. The first-order chi connectivity index (χ1) is 13.6. The summed E-state index contributed by atoms with van der Waals surface area (Å²) in [7, 11) is 4.26. The fourth-order valence-electron chi connectivity index (χ4n) is 4.11. The number of likely N-dealkylation sites (N-methyl/N-ethyl adjacent to an activating group) is 1. The molecule has 2 N–H and O–H groups in total. The van der Waals surface area contributed by atoms with E-state index in [4.69, 9.17) is 4.98 Å². The van der Waals surface area contributed by atoms with Gasteiger partial charge in [-0.25, -0.2) is 4.98 Å². The number of fused-ring (bicyclic) bond motifs is 2. The third kappa shape index (κ3) is 2.77. The zero-order valence-electron chi connectivity index (χ0n) is 16.1. The van der Waals surface area contributed by atoms with Crippen LogP contribution in [0.4, 0.5) is 5.69 Å². The van der Waals surface area contributed by atoms with E-state index in [0.29, 0.717) is 17.4 Å². The molecule has 1 saturated heterocycles. The van der Waals surface area contributed by atoms with Gasteiger partial charge < -0.3 is 19.8 Å². The molecular formula is C22H23N5O. The van der Waals surface area contributed by atoms with Gasteiger partial charge in [-0.1, -0.05) is 24.3 Å². The summed E-state index contributed by atoms with van der Waals surface area (Å²) in [6.07, 6.45) is 1.14. The van der Waals surface area contributed by atoms with Crippen LogP contribution >= 0.6 is 0 Å². The smallest absolute Gasteiger partial charge is 0.259 e. The van der Waals surface area contributed by atoms with Crippen molar-refractivity contribution in [1.29, 1.82) is 0 Å². The summed E-state index contributed by atoms with van der Waals surface area (Å²) in [5.41, 5.74) is 4.26. The van der Waals surface area contributed by atoms with Crippen LogP contribution in [0.3, 0.4) is 0 Å². The van der Waals surface area contributed by atoms with Gasteiger partial charge in [0.1, 0.15) is 11.3 Å². The van der Waals surface area contributed by atoms with Crippen molar-refractivity contribution in [1.82, 2.24) is 19.9 Å². The van der Waals surface area contributed by atoms with Crippen LogP contribution in [0.5, 0.6) is 0 Å². The maximum atomic E-state index is 12.6. The molecule has 6 nitrogen and oxygen atoms in total. The number of H-pyrrole nitrogens is 2. The predicted molar refractivity (Wildman–Crippen MR) is 114 cm³/mol. The summed E-state index contributed by atoms with van der Waals surface area (Å²) in [6.45, 7) is 2.01. The number of nitrogens with zero attached hydrogens (tertiary/aromatic N) is 3. The molecule has 5 rings (SSSR count). The highest BCUT2D eigenvalue weighted by molar-refractivity contribution is 5.92. The molecular weight excluding hydrogens is 350 g/mol. The Labute approximate surface area is 162 Å². The van der Waals surface area contributed by atoms with E-state index in [9.17, 15) is 4.79 Å². The number of aromatic amines is 2. The van der Waals surface area contributed by atoms with E-state index < -0.39 is 0 Å². The molecule has 0 bridgehead atoms. The second kappa shape index (κ2) is 6.49. The number of hydrogen-bond donors (Lipinski definition) is 2. The Hall–Kier alpha value is -3.12. The van der Waals surface area contributed by atoms with Crippen molar-refractivity contribution in [3.63, 3.8) is 0 Å². The Morgan fingerprint density at radius 2 is 1.89 bits per heavy atom. The van der Waals surface area contributed by atoms with Crippen molar-refractivity contribution in [3.8, 4) is 11.4 Å². The van der Waals surface area contributed by atoms with Gasteiger partial charge in [0.05, 0.1) is 16.8 Å². The van der Waals surface area contributed by atoms with Gasteiger partial charge in [-0.05, 0) is 50.2 Å². The highest BCUT2D eigenvalue weighted by Crippen LogP contribution is 2.30. The van der Waals surface area contributed by atoms with Gasteiger partial charge in [0.25, 0.3) is 5.56 Å². The number of nitrogens with one attached hydrogen (secondary N) is 2. The van der Waals surface area contributed by atoms with Crippen LogP contribution < -0.4 is 10.5 Å². The number of anilines is 1. The van der Waals surface area contributed by atoms with E-state index in [0.717, 1.165) is 47.1 Å². The van der Waals surface area contributed by atoms with Crippen molar-refractivity contribution in [3.05, 3.63) is 58.9 Å². The molecule has 2 aromatic carbocycles. The third-order valence-electron chi connectivity index (χ3n) is 5.73. The fourth-order valence-corrected chi connectivity index (χ4v) is 4.11. The van der Waals surface area contributed by atoms with E-state index in [1.165, 1.54) is 0 Å². The molecule has 1 aliphatic rings. The largest absolute Gasteiger partial charge is 0.368 e. The average Bonchev–Trinajstić information content (AvgIpc) is 3.34. The normalized spacial score (nSPS) is 17.2. The van der Waals surface area contributed by atoms with Gasteiger partial charge in [-0.15, -0.1) is 0 Å². The van der Waals surface area contributed by atoms with Gasteiger partial charge in [0.15, 0.2) is 0 Å². The van der Waals surface area contributed by atoms with Gasteiger partial charge in [0.2, 0.25) is 0 Å². The zero-order valence-corrected chi connectivity index (χ0v) is 16.1. The summed E-state index contributed by atoms with van der Waals surface area (Å²) < 4.78 is 0. The lowest BCUT2D eigenvalue weighted by Crippen LogP contribution is -2.31. The second-order valence-electron chi connectivity index (χ2n) is 7.71. The monoisotopic (exact) mass is 373 g/mol. The summed E-state index contributed by atoms with van der Waals surface area (Å²) in [4.78, 5) is 28.5. The SMILES string of the molecule is CN(C)C1CCN(c2cccc3[nH]c(-c4cc5ccccc5[nH]c4=O)nc23)C1. The molecule has 1 fully saturated rings. The highest BCUT2D eigenvalue weighted by atomic mass is 16.1. The second-order valence-corrected chi connectivity index (χ2v) is 7.71. The van der Waals surface area contributed by atoms with Crippen molar-refractivity contribution >= 4 is 27.6 Å². The first-order valence-electron chi connectivity index (χ1n) is 9.63. The summed E-state index contributed by atoms with van der Waals surface area (Å²) in [5.74, 6) is 0.609. The standard InChI is InChI=1S/C22H23N5O/c1-26(2)15-10-11-27(13-15)19-9-5-8-18-20(19)25-21(23-18)16-12-14-6-3-4-7-17(14)24-22(16)28/h3-9,12,15H,10-11,13H2,1-2H3,(H,23,25)(H,24,28). The molecule has 3 heterocycles. The molecule has 0 saturated carbocycles. The van der Waals surface area contributed by atoms with Gasteiger partial charge >= 0.3 is 0 Å². The molecule has 28 heavy (non-hydrogen) atoms. The topological polar surface area (TPSA) is 68.0 Å². The van der Waals surface area contributed by atoms with Gasteiger partial charge in [-0.2, -0.15) is 0 Å².